The second-order valence-electron chi connectivity index (χ2n) is 5.30. The molecule has 1 nitrogen and oxygen atoms in total. The molecule has 0 aliphatic carbocycles. The lowest BCUT2D eigenvalue weighted by atomic mass is 9.98. The molecule has 1 aromatic rings. The van der Waals surface area contributed by atoms with Crippen LogP contribution in [0.4, 0.5) is 0 Å². The van der Waals surface area contributed by atoms with Crippen LogP contribution in [0.5, 0.6) is 0 Å². The predicted molar refractivity (Wildman–Crippen MR) is 78.0 cm³/mol. The van der Waals surface area contributed by atoms with Gasteiger partial charge < -0.3 is 0 Å². The number of aryl methyl sites for hydroxylation is 2. The summed E-state index contributed by atoms with van der Waals surface area (Å²) < 4.78 is 0. The average molecular weight is 246 g/mol. The Morgan fingerprint density at radius 3 is 2.50 bits per heavy atom. The van der Waals surface area contributed by atoms with E-state index in [1.165, 1.54) is 48.8 Å². The quantitative estimate of drug-likeness (QED) is 0.611. The maximum Gasteiger partial charge on any atom is 0.134 e. The first-order valence-electron chi connectivity index (χ1n) is 7.21. The zero-order chi connectivity index (χ0) is 13.4. The fourth-order valence-corrected chi connectivity index (χ4v) is 2.27. The third-order valence-corrected chi connectivity index (χ3v) is 3.42. The van der Waals surface area contributed by atoms with Gasteiger partial charge in [-0.1, -0.05) is 50.8 Å². The van der Waals surface area contributed by atoms with E-state index in [1.807, 2.05) is 0 Å². The third kappa shape index (κ3) is 5.48. The lowest BCUT2D eigenvalue weighted by molar-refractivity contribution is -0.116. The van der Waals surface area contributed by atoms with Crippen LogP contribution in [0, 0.1) is 6.92 Å². The van der Waals surface area contributed by atoms with E-state index < -0.39 is 0 Å². The van der Waals surface area contributed by atoms with Crippen molar-refractivity contribution in [3.63, 3.8) is 0 Å². The molecule has 0 N–H and O–H groups in total. The minimum Gasteiger partial charge on any atom is -0.300 e. The minimum atomic E-state index is 0.248. The molecule has 0 bridgehead atoms. The van der Waals surface area contributed by atoms with Crippen molar-refractivity contribution in [2.24, 2.45) is 0 Å². The van der Waals surface area contributed by atoms with Gasteiger partial charge in [0.05, 0.1) is 0 Å². The maximum absolute atomic E-state index is 11.2. The van der Waals surface area contributed by atoms with Gasteiger partial charge in [0.15, 0.2) is 0 Å². The van der Waals surface area contributed by atoms with Crippen molar-refractivity contribution in [2.75, 3.05) is 0 Å². The number of benzene rings is 1. The molecule has 0 aliphatic heterocycles. The van der Waals surface area contributed by atoms with Crippen molar-refractivity contribution in [2.45, 2.75) is 65.7 Å². The monoisotopic (exact) mass is 246 g/mol. The fourth-order valence-electron chi connectivity index (χ4n) is 2.27. The predicted octanol–water partition coefficient (Wildman–Crippen LogP) is 4.64. The van der Waals surface area contributed by atoms with E-state index >= 15 is 0 Å². The van der Waals surface area contributed by atoms with Gasteiger partial charge in [0.2, 0.25) is 0 Å². The van der Waals surface area contributed by atoms with Gasteiger partial charge in [-0.2, -0.15) is 0 Å². The average Bonchev–Trinajstić information content (AvgIpc) is 2.32. The van der Waals surface area contributed by atoms with Gasteiger partial charge in [0.25, 0.3) is 0 Å². The van der Waals surface area contributed by atoms with E-state index in [4.69, 9.17) is 0 Å². The van der Waals surface area contributed by atoms with Crippen molar-refractivity contribution >= 4 is 5.78 Å². The number of ketones is 1. The van der Waals surface area contributed by atoms with Gasteiger partial charge in [-0.25, -0.2) is 0 Å². The highest BCUT2D eigenvalue weighted by Gasteiger charge is 2.03. The normalized spacial score (nSPS) is 10.6. The van der Waals surface area contributed by atoms with Gasteiger partial charge in [0, 0.05) is 6.42 Å². The molecule has 0 saturated carbocycles. The molecule has 0 unspecified atom stereocenters. The number of carbonyl (C=O) groups excluding carboxylic acids is 1. The molecule has 18 heavy (non-hydrogen) atoms. The molecule has 0 saturated heterocycles. The summed E-state index contributed by atoms with van der Waals surface area (Å²) in [4.78, 5) is 11.2. The molecule has 0 radical (unpaired) electrons. The second kappa shape index (κ2) is 8.07. The van der Waals surface area contributed by atoms with Gasteiger partial charge in [-0.15, -0.1) is 0 Å². The van der Waals surface area contributed by atoms with Crippen LogP contribution in [-0.4, -0.2) is 5.78 Å². The van der Waals surface area contributed by atoms with Gasteiger partial charge in [-0.05, 0) is 43.4 Å². The molecule has 0 spiro atoms. The smallest absolute Gasteiger partial charge is 0.134 e. The summed E-state index contributed by atoms with van der Waals surface area (Å²) in [5, 5.41) is 0. The number of Topliss-reactive ketones (excluding diaryl/α,β-unsaturated/α-hetero) is 1. The summed E-state index contributed by atoms with van der Waals surface area (Å²) in [6, 6.07) is 6.58. The standard InChI is InChI=1S/C17H26O/c1-4-5-6-7-8-9-16-11-10-14(2)17(13-16)12-15(3)18/h10-11,13H,4-9,12H2,1-3H3. The largest absolute Gasteiger partial charge is 0.300 e. The Kier molecular flexibility index (Phi) is 6.70. The SMILES string of the molecule is CCCCCCCc1ccc(C)c(CC(C)=O)c1. The summed E-state index contributed by atoms with van der Waals surface area (Å²) >= 11 is 0. The molecule has 0 atom stereocenters. The Morgan fingerprint density at radius 2 is 1.83 bits per heavy atom. The maximum atomic E-state index is 11.2. The van der Waals surface area contributed by atoms with Gasteiger partial charge in [-0.3, -0.25) is 4.79 Å². The van der Waals surface area contributed by atoms with Gasteiger partial charge >= 0.3 is 0 Å². The van der Waals surface area contributed by atoms with Crippen LogP contribution in [0.1, 0.15) is 62.6 Å². The van der Waals surface area contributed by atoms with E-state index in [0.717, 1.165) is 6.42 Å². The molecule has 0 fully saturated rings. The van der Waals surface area contributed by atoms with E-state index in [9.17, 15) is 4.79 Å². The lowest BCUT2D eigenvalue weighted by Gasteiger charge is -2.08. The Bertz CT molecular complexity index is 379. The highest BCUT2D eigenvalue weighted by atomic mass is 16.1. The van der Waals surface area contributed by atoms with E-state index in [-0.39, 0.29) is 5.78 Å². The summed E-state index contributed by atoms with van der Waals surface area (Å²) in [7, 11) is 0. The zero-order valence-corrected chi connectivity index (χ0v) is 12.1. The Morgan fingerprint density at radius 1 is 1.11 bits per heavy atom. The van der Waals surface area contributed by atoms with Crippen molar-refractivity contribution in [1.82, 2.24) is 0 Å². The van der Waals surface area contributed by atoms with Crippen LogP contribution in [-0.2, 0) is 17.6 Å². The third-order valence-electron chi connectivity index (χ3n) is 3.42. The van der Waals surface area contributed by atoms with Crippen molar-refractivity contribution < 1.29 is 4.79 Å². The van der Waals surface area contributed by atoms with Crippen LogP contribution in [0.15, 0.2) is 18.2 Å². The molecular formula is C17H26O. The number of hydrogen-bond donors (Lipinski definition) is 0. The van der Waals surface area contributed by atoms with Crippen molar-refractivity contribution in [1.29, 1.82) is 0 Å². The van der Waals surface area contributed by atoms with Crippen LogP contribution in [0.3, 0.4) is 0 Å². The fraction of sp³-hybridized carbons (Fsp3) is 0.588. The summed E-state index contributed by atoms with van der Waals surface area (Å²) in [5.74, 6) is 0.248. The molecule has 1 heteroatoms. The van der Waals surface area contributed by atoms with Crippen LogP contribution in [0.25, 0.3) is 0 Å². The highest BCUT2D eigenvalue weighted by molar-refractivity contribution is 5.78. The highest BCUT2D eigenvalue weighted by Crippen LogP contribution is 2.15. The lowest BCUT2D eigenvalue weighted by Crippen LogP contribution is -2.00. The number of unbranched alkanes of at least 4 members (excludes halogenated alkanes) is 4. The number of hydrogen-bond acceptors (Lipinski definition) is 1. The summed E-state index contributed by atoms with van der Waals surface area (Å²) in [6.07, 6.45) is 8.32. The topological polar surface area (TPSA) is 17.1 Å². The first kappa shape index (κ1) is 14.9. The van der Waals surface area contributed by atoms with Crippen LogP contribution < -0.4 is 0 Å². The molecule has 0 aromatic heterocycles. The molecule has 0 aliphatic rings. The van der Waals surface area contributed by atoms with Crippen LogP contribution in [0.2, 0.25) is 0 Å². The molecular weight excluding hydrogens is 220 g/mol. The minimum absolute atomic E-state index is 0.248. The van der Waals surface area contributed by atoms with Gasteiger partial charge in [0.1, 0.15) is 5.78 Å². The first-order valence-corrected chi connectivity index (χ1v) is 7.21. The van der Waals surface area contributed by atoms with Crippen LogP contribution >= 0.6 is 0 Å². The summed E-state index contributed by atoms with van der Waals surface area (Å²) in [6.45, 7) is 5.99. The molecule has 100 valence electrons. The van der Waals surface area contributed by atoms with E-state index in [2.05, 4.69) is 32.0 Å². The van der Waals surface area contributed by atoms with E-state index in [0.29, 0.717) is 6.42 Å². The van der Waals surface area contributed by atoms with E-state index in [1.54, 1.807) is 6.92 Å². The van der Waals surface area contributed by atoms with Crippen molar-refractivity contribution in [3.05, 3.63) is 34.9 Å². The Balaban J connectivity index is 2.48. The Hall–Kier alpha value is -1.11. The molecule has 0 amide bonds. The molecule has 1 aromatic carbocycles. The zero-order valence-electron chi connectivity index (χ0n) is 12.1. The Labute approximate surface area is 112 Å². The van der Waals surface area contributed by atoms with Crippen molar-refractivity contribution in [3.8, 4) is 0 Å². The first-order chi connectivity index (χ1) is 8.63. The molecule has 1 rings (SSSR count). The second-order valence-corrected chi connectivity index (χ2v) is 5.30. The molecule has 0 heterocycles. The number of rotatable bonds is 8. The summed E-state index contributed by atoms with van der Waals surface area (Å²) in [5.41, 5.74) is 3.82. The number of carbonyl (C=O) groups is 1.